The Morgan fingerprint density at radius 1 is 1.43 bits per heavy atom. The topological polar surface area (TPSA) is 12.0 Å². The molecule has 0 saturated carbocycles. The molecule has 1 atom stereocenters. The number of hydrogen-bond donors (Lipinski definition) is 1. The molecule has 14 heavy (non-hydrogen) atoms. The van der Waals surface area contributed by atoms with Crippen LogP contribution >= 0.6 is 0 Å². The third-order valence-electron chi connectivity index (χ3n) is 2.78. The lowest BCUT2D eigenvalue weighted by atomic mass is 9.94. The molecule has 1 nitrogen and oxygen atoms in total. The molecule has 0 radical (unpaired) electrons. The van der Waals surface area contributed by atoms with Crippen LogP contribution in [0.1, 0.15) is 24.0 Å². The summed E-state index contributed by atoms with van der Waals surface area (Å²) in [5.74, 6) is -3.33. The van der Waals surface area contributed by atoms with Crippen LogP contribution in [-0.2, 0) is 0 Å². The molecular formula is C11H13F2N. The molecule has 1 heterocycles. The molecule has 1 aromatic carbocycles. The maximum atomic E-state index is 13.2. The van der Waals surface area contributed by atoms with Crippen molar-refractivity contribution >= 4 is 5.69 Å². The second kappa shape index (κ2) is 2.94. The molecule has 0 fully saturated rings. The van der Waals surface area contributed by atoms with Gasteiger partial charge in [0.05, 0.1) is 5.92 Å². The summed E-state index contributed by atoms with van der Waals surface area (Å²) in [6, 6.07) is 5.55. The van der Waals surface area contributed by atoms with Crippen molar-refractivity contribution in [2.24, 2.45) is 0 Å². The van der Waals surface area contributed by atoms with Gasteiger partial charge in [-0.05, 0) is 18.1 Å². The summed E-state index contributed by atoms with van der Waals surface area (Å²) in [5.41, 5.74) is 2.67. The predicted octanol–water partition coefficient (Wildman–Crippen LogP) is 3.16. The molecule has 0 aliphatic carbocycles. The summed E-state index contributed by atoms with van der Waals surface area (Å²) in [4.78, 5) is 0. The van der Waals surface area contributed by atoms with E-state index in [4.69, 9.17) is 0 Å². The second-order valence-electron chi connectivity index (χ2n) is 3.93. The van der Waals surface area contributed by atoms with Gasteiger partial charge >= 0.3 is 0 Å². The first-order chi connectivity index (χ1) is 6.50. The number of hydrogen-bond acceptors (Lipinski definition) is 1. The molecule has 1 aliphatic rings. The van der Waals surface area contributed by atoms with E-state index in [9.17, 15) is 8.78 Å². The minimum atomic E-state index is -2.65. The van der Waals surface area contributed by atoms with E-state index in [0.29, 0.717) is 6.54 Å². The number of halogens is 2. The highest BCUT2D eigenvalue weighted by Crippen LogP contribution is 2.42. The van der Waals surface area contributed by atoms with E-state index >= 15 is 0 Å². The average molecular weight is 197 g/mol. The first kappa shape index (κ1) is 9.44. The highest BCUT2D eigenvalue weighted by molar-refractivity contribution is 5.63. The molecule has 3 heteroatoms. The molecule has 0 bridgehead atoms. The van der Waals surface area contributed by atoms with Gasteiger partial charge in [-0.25, -0.2) is 8.78 Å². The Morgan fingerprint density at radius 3 is 2.79 bits per heavy atom. The van der Waals surface area contributed by atoms with Crippen molar-refractivity contribution in [3.63, 3.8) is 0 Å². The Balaban J connectivity index is 2.45. The minimum Gasteiger partial charge on any atom is -0.384 e. The number of rotatable bonds is 1. The first-order valence-electron chi connectivity index (χ1n) is 4.71. The zero-order chi connectivity index (χ0) is 10.3. The Kier molecular flexibility index (Phi) is 1.98. The Bertz CT molecular complexity index is 355. The van der Waals surface area contributed by atoms with E-state index in [2.05, 4.69) is 5.32 Å². The minimum absolute atomic E-state index is 0.337. The molecule has 1 aliphatic heterocycles. The SMILES string of the molecule is Cc1cccc2c1NCC2C(C)(F)F. The summed E-state index contributed by atoms with van der Waals surface area (Å²) in [5, 5.41) is 3.05. The number of benzene rings is 1. The molecule has 76 valence electrons. The summed E-state index contributed by atoms with van der Waals surface area (Å²) in [7, 11) is 0. The van der Waals surface area contributed by atoms with E-state index in [0.717, 1.165) is 23.7 Å². The van der Waals surface area contributed by atoms with Gasteiger partial charge in [-0.1, -0.05) is 18.2 Å². The van der Waals surface area contributed by atoms with Crippen molar-refractivity contribution in [2.75, 3.05) is 11.9 Å². The van der Waals surface area contributed by atoms with Gasteiger partial charge in [-0.15, -0.1) is 0 Å². The molecule has 1 unspecified atom stereocenters. The number of para-hydroxylation sites is 1. The van der Waals surface area contributed by atoms with Crippen LogP contribution in [-0.4, -0.2) is 12.5 Å². The van der Waals surface area contributed by atoms with Crippen molar-refractivity contribution in [1.82, 2.24) is 0 Å². The number of aryl methyl sites for hydroxylation is 1. The number of nitrogens with one attached hydrogen (secondary N) is 1. The van der Waals surface area contributed by atoms with Crippen molar-refractivity contribution in [1.29, 1.82) is 0 Å². The van der Waals surface area contributed by atoms with Crippen LogP contribution in [0.3, 0.4) is 0 Å². The van der Waals surface area contributed by atoms with Crippen LogP contribution in [0.4, 0.5) is 14.5 Å². The zero-order valence-corrected chi connectivity index (χ0v) is 8.27. The standard InChI is InChI=1S/C11H13F2N/c1-7-4-3-5-8-9(11(2,12)13)6-14-10(7)8/h3-5,9,14H,6H2,1-2H3. The lowest BCUT2D eigenvalue weighted by Gasteiger charge is -2.18. The summed E-state index contributed by atoms with van der Waals surface area (Å²) < 4.78 is 26.4. The maximum Gasteiger partial charge on any atom is 0.253 e. The second-order valence-corrected chi connectivity index (χ2v) is 3.93. The fourth-order valence-corrected chi connectivity index (χ4v) is 1.99. The predicted molar refractivity (Wildman–Crippen MR) is 53.0 cm³/mol. The molecule has 0 aromatic heterocycles. The van der Waals surface area contributed by atoms with E-state index in [-0.39, 0.29) is 0 Å². The van der Waals surface area contributed by atoms with E-state index in [1.807, 2.05) is 19.1 Å². The van der Waals surface area contributed by atoms with Crippen molar-refractivity contribution in [2.45, 2.75) is 25.7 Å². The van der Waals surface area contributed by atoms with Crippen LogP contribution in [0, 0.1) is 6.92 Å². The largest absolute Gasteiger partial charge is 0.384 e. The van der Waals surface area contributed by atoms with Crippen LogP contribution in [0.25, 0.3) is 0 Å². The molecule has 0 spiro atoms. The highest BCUT2D eigenvalue weighted by atomic mass is 19.3. The fourth-order valence-electron chi connectivity index (χ4n) is 1.99. The summed E-state index contributed by atoms with van der Waals surface area (Å²) in [6.07, 6.45) is 0. The first-order valence-corrected chi connectivity index (χ1v) is 4.71. The van der Waals surface area contributed by atoms with Crippen LogP contribution in [0.5, 0.6) is 0 Å². The lowest BCUT2D eigenvalue weighted by Crippen LogP contribution is -2.23. The van der Waals surface area contributed by atoms with Crippen molar-refractivity contribution in [3.8, 4) is 0 Å². The third kappa shape index (κ3) is 1.37. The van der Waals surface area contributed by atoms with Gasteiger partial charge in [0.15, 0.2) is 0 Å². The van der Waals surface area contributed by atoms with Gasteiger partial charge in [0.25, 0.3) is 5.92 Å². The van der Waals surface area contributed by atoms with Crippen LogP contribution in [0.2, 0.25) is 0 Å². The van der Waals surface area contributed by atoms with Crippen molar-refractivity contribution < 1.29 is 8.78 Å². The van der Waals surface area contributed by atoms with Gasteiger partial charge in [0.1, 0.15) is 0 Å². The lowest BCUT2D eigenvalue weighted by molar-refractivity contribution is -0.00184. The highest BCUT2D eigenvalue weighted by Gasteiger charge is 2.39. The molecule has 1 N–H and O–H groups in total. The normalized spacial score (nSPS) is 20.4. The third-order valence-corrected chi connectivity index (χ3v) is 2.78. The summed E-state index contributed by atoms with van der Waals surface area (Å²) >= 11 is 0. The zero-order valence-electron chi connectivity index (χ0n) is 8.27. The quantitative estimate of drug-likeness (QED) is 0.729. The van der Waals surface area contributed by atoms with Crippen LogP contribution < -0.4 is 5.32 Å². The van der Waals surface area contributed by atoms with E-state index in [1.165, 1.54) is 0 Å². The molecule has 1 aromatic rings. The molecular weight excluding hydrogens is 184 g/mol. The van der Waals surface area contributed by atoms with Gasteiger partial charge in [0, 0.05) is 19.2 Å². The summed E-state index contributed by atoms with van der Waals surface area (Å²) in [6.45, 7) is 3.25. The van der Waals surface area contributed by atoms with E-state index < -0.39 is 11.8 Å². The van der Waals surface area contributed by atoms with Gasteiger partial charge in [0.2, 0.25) is 0 Å². The van der Waals surface area contributed by atoms with Gasteiger partial charge < -0.3 is 5.32 Å². The average Bonchev–Trinajstić information content (AvgIpc) is 2.47. The smallest absolute Gasteiger partial charge is 0.253 e. The molecule has 0 amide bonds. The van der Waals surface area contributed by atoms with Crippen LogP contribution in [0.15, 0.2) is 18.2 Å². The number of alkyl halides is 2. The monoisotopic (exact) mass is 197 g/mol. The molecule has 2 rings (SSSR count). The molecule has 0 saturated heterocycles. The maximum absolute atomic E-state index is 13.2. The Morgan fingerprint density at radius 2 is 2.14 bits per heavy atom. The van der Waals surface area contributed by atoms with E-state index in [1.54, 1.807) is 6.07 Å². The van der Waals surface area contributed by atoms with Crippen molar-refractivity contribution in [3.05, 3.63) is 29.3 Å². The Labute approximate surface area is 82.1 Å². The van der Waals surface area contributed by atoms with Gasteiger partial charge in [-0.2, -0.15) is 0 Å². The fraction of sp³-hybridized carbons (Fsp3) is 0.455. The van der Waals surface area contributed by atoms with Gasteiger partial charge in [-0.3, -0.25) is 0 Å². The number of anilines is 1. The Hall–Kier alpha value is -1.12. The number of fused-ring (bicyclic) bond motifs is 1.